The van der Waals surface area contributed by atoms with Gasteiger partial charge in [0.15, 0.2) is 11.5 Å². The molecule has 2 amide bonds. The third-order valence-corrected chi connectivity index (χ3v) is 6.12. The van der Waals surface area contributed by atoms with Crippen LogP contribution in [0.5, 0.6) is 11.5 Å². The summed E-state index contributed by atoms with van der Waals surface area (Å²) >= 11 is 1.51. The molecule has 2 aliphatic rings. The largest absolute Gasteiger partial charge is 0.485 e. The van der Waals surface area contributed by atoms with Gasteiger partial charge in [0, 0.05) is 11.9 Å². The molecule has 0 saturated heterocycles. The zero-order chi connectivity index (χ0) is 18.8. The summed E-state index contributed by atoms with van der Waals surface area (Å²) in [7, 11) is 1.61. The normalized spacial score (nSPS) is 18.2. The fourth-order valence-corrected chi connectivity index (χ4v) is 4.83. The molecular weight excluding hydrogens is 364 g/mol. The Kier molecular flexibility index (Phi) is 5.03. The second-order valence-corrected chi connectivity index (χ2v) is 7.81. The van der Waals surface area contributed by atoms with Gasteiger partial charge < -0.3 is 20.1 Å². The van der Waals surface area contributed by atoms with Gasteiger partial charge in [-0.3, -0.25) is 9.59 Å². The van der Waals surface area contributed by atoms with Gasteiger partial charge in [0.2, 0.25) is 6.10 Å². The lowest BCUT2D eigenvalue weighted by Gasteiger charge is -2.25. The van der Waals surface area contributed by atoms with Gasteiger partial charge in [0.1, 0.15) is 11.6 Å². The van der Waals surface area contributed by atoms with Gasteiger partial charge in [-0.05, 0) is 43.4 Å². The van der Waals surface area contributed by atoms with Crippen molar-refractivity contribution in [3.8, 4) is 11.5 Å². The fraction of sp³-hybridized carbons (Fsp3) is 0.400. The Morgan fingerprint density at radius 2 is 1.89 bits per heavy atom. The minimum Gasteiger partial charge on any atom is -0.485 e. The van der Waals surface area contributed by atoms with Crippen molar-refractivity contribution in [1.29, 1.82) is 0 Å². The number of nitrogens with one attached hydrogen (secondary N) is 2. The average molecular weight is 386 g/mol. The molecule has 7 heteroatoms. The molecule has 1 aromatic carbocycles. The predicted molar refractivity (Wildman–Crippen MR) is 104 cm³/mol. The lowest BCUT2D eigenvalue weighted by atomic mass is 10.0. The third-order valence-electron chi connectivity index (χ3n) is 4.91. The number of rotatable bonds is 3. The highest BCUT2D eigenvalue weighted by Gasteiger charge is 2.30. The molecule has 2 aromatic rings. The van der Waals surface area contributed by atoms with E-state index in [9.17, 15) is 9.59 Å². The predicted octanol–water partition coefficient (Wildman–Crippen LogP) is 3.16. The van der Waals surface area contributed by atoms with Gasteiger partial charge in [-0.25, -0.2) is 0 Å². The standard InChI is InChI=1S/C20H22N2O4S/c1-21-19(24)17-12-7-3-2-4-10-16(12)27-20(17)22-18(23)15-11-25-13-8-5-6-9-14(13)26-15/h5-6,8-9,15H,2-4,7,10-11H2,1H3,(H,21,24)(H,22,23). The van der Waals surface area contributed by atoms with Crippen LogP contribution < -0.4 is 20.1 Å². The van der Waals surface area contributed by atoms with Crippen LogP contribution in [0.2, 0.25) is 0 Å². The highest BCUT2D eigenvalue weighted by Crippen LogP contribution is 2.38. The van der Waals surface area contributed by atoms with Crippen LogP contribution in [-0.4, -0.2) is 31.6 Å². The Morgan fingerprint density at radius 3 is 2.70 bits per heavy atom. The van der Waals surface area contributed by atoms with Crippen LogP contribution in [0, 0.1) is 0 Å². The van der Waals surface area contributed by atoms with Crippen LogP contribution in [-0.2, 0) is 17.6 Å². The maximum Gasteiger partial charge on any atom is 0.269 e. The van der Waals surface area contributed by atoms with Crippen molar-refractivity contribution in [3.05, 3.63) is 40.3 Å². The molecule has 0 fully saturated rings. The number of carbonyl (C=O) groups is 2. The molecule has 1 atom stereocenters. The average Bonchev–Trinajstić information content (AvgIpc) is 2.87. The Hall–Kier alpha value is -2.54. The van der Waals surface area contributed by atoms with Crippen LogP contribution in [0.1, 0.15) is 40.1 Å². The van der Waals surface area contributed by atoms with Gasteiger partial charge in [-0.1, -0.05) is 18.6 Å². The van der Waals surface area contributed by atoms with E-state index >= 15 is 0 Å². The van der Waals surface area contributed by atoms with Crippen LogP contribution >= 0.6 is 11.3 Å². The smallest absolute Gasteiger partial charge is 0.269 e. The highest BCUT2D eigenvalue weighted by atomic mass is 32.1. The maximum absolute atomic E-state index is 12.8. The molecule has 1 aliphatic carbocycles. The van der Waals surface area contributed by atoms with Gasteiger partial charge in [-0.2, -0.15) is 0 Å². The molecule has 142 valence electrons. The zero-order valence-corrected chi connectivity index (χ0v) is 16.0. The van der Waals surface area contributed by atoms with E-state index in [0.29, 0.717) is 22.1 Å². The van der Waals surface area contributed by atoms with Crippen molar-refractivity contribution in [2.45, 2.75) is 38.2 Å². The number of fused-ring (bicyclic) bond motifs is 2. The number of carbonyl (C=O) groups excluding carboxylic acids is 2. The molecular formula is C20H22N2O4S. The van der Waals surface area contributed by atoms with Crippen LogP contribution in [0.25, 0.3) is 0 Å². The molecule has 0 saturated carbocycles. The van der Waals surface area contributed by atoms with Gasteiger partial charge in [0.05, 0.1) is 5.56 Å². The van der Waals surface area contributed by atoms with E-state index in [1.807, 2.05) is 18.2 Å². The second kappa shape index (κ2) is 7.60. The number of aryl methyl sites for hydroxylation is 1. The summed E-state index contributed by atoms with van der Waals surface area (Å²) in [6.07, 6.45) is 4.43. The second-order valence-electron chi connectivity index (χ2n) is 6.70. The molecule has 1 aromatic heterocycles. The van der Waals surface area contributed by atoms with Crippen molar-refractivity contribution >= 4 is 28.2 Å². The molecule has 2 heterocycles. The lowest BCUT2D eigenvalue weighted by molar-refractivity contribution is -0.125. The SMILES string of the molecule is CNC(=O)c1c(NC(=O)C2COc3ccccc3O2)sc2c1CCCCC2. The number of anilines is 1. The Balaban J connectivity index is 1.57. The lowest BCUT2D eigenvalue weighted by Crippen LogP contribution is -2.40. The molecule has 1 aliphatic heterocycles. The monoisotopic (exact) mass is 386 g/mol. The van der Waals surface area contributed by atoms with Crippen molar-refractivity contribution in [2.75, 3.05) is 19.0 Å². The number of benzene rings is 1. The Labute approximate surface area is 161 Å². The maximum atomic E-state index is 12.8. The van der Waals surface area contributed by atoms with Crippen molar-refractivity contribution in [2.24, 2.45) is 0 Å². The summed E-state index contributed by atoms with van der Waals surface area (Å²) in [5.41, 5.74) is 1.68. The minimum absolute atomic E-state index is 0.142. The van der Waals surface area contributed by atoms with Crippen LogP contribution in [0.15, 0.2) is 24.3 Å². The summed E-state index contributed by atoms with van der Waals surface area (Å²) in [5.74, 6) is 0.731. The summed E-state index contributed by atoms with van der Waals surface area (Å²) in [6.45, 7) is 0.142. The minimum atomic E-state index is -0.751. The molecule has 4 rings (SSSR count). The number of hydrogen-bond acceptors (Lipinski definition) is 5. The number of para-hydroxylation sites is 2. The van der Waals surface area contributed by atoms with E-state index in [2.05, 4.69) is 10.6 Å². The molecule has 0 bridgehead atoms. The molecule has 27 heavy (non-hydrogen) atoms. The molecule has 0 radical (unpaired) electrons. The number of amides is 2. The summed E-state index contributed by atoms with van der Waals surface area (Å²) in [6, 6.07) is 7.28. The van der Waals surface area contributed by atoms with E-state index in [1.165, 1.54) is 22.6 Å². The summed E-state index contributed by atoms with van der Waals surface area (Å²) in [5, 5.41) is 6.23. The first-order valence-electron chi connectivity index (χ1n) is 9.23. The van der Waals surface area contributed by atoms with Crippen molar-refractivity contribution in [1.82, 2.24) is 5.32 Å². The van der Waals surface area contributed by atoms with Crippen molar-refractivity contribution < 1.29 is 19.1 Å². The molecule has 0 spiro atoms. The first-order valence-corrected chi connectivity index (χ1v) is 10.0. The first-order chi connectivity index (χ1) is 13.2. The fourth-order valence-electron chi connectivity index (χ4n) is 3.54. The summed E-state index contributed by atoms with van der Waals surface area (Å²) < 4.78 is 11.4. The van der Waals surface area contributed by atoms with E-state index in [0.717, 1.165) is 31.2 Å². The van der Waals surface area contributed by atoms with E-state index in [1.54, 1.807) is 13.1 Å². The highest BCUT2D eigenvalue weighted by molar-refractivity contribution is 7.17. The van der Waals surface area contributed by atoms with Gasteiger partial charge in [-0.15, -0.1) is 11.3 Å². The number of ether oxygens (including phenoxy) is 2. The Bertz CT molecular complexity index is 877. The third kappa shape index (κ3) is 3.51. The first kappa shape index (κ1) is 17.9. The number of hydrogen-bond donors (Lipinski definition) is 2. The van der Waals surface area contributed by atoms with E-state index in [-0.39, 0.29) is 18.4 Å². The molecule has 6 nitrogen and oxygen atoms in total. The zero-order valence-electron chi connectivity index (χ0n) is 15.2. The number of thiophene rings is 1. The van der Waals surface area contributed by atoms with Gasteiger partial charge in [0.25, 0.3) is 11.8 Å². The molecule has 2 N–H and O–H groups in total. The topological polar surface area (TPSA) is 76.7 Å². The van der Waals surface area contributed by atoms with E-state index in [4.69, 9.17) is 9.47 Å². The Morgan fingerprint density at radius 1 is 1.11 bits per heavy atom. The molecule has 1 unspecified atom stereocenters. The van der Waals surface area contributed by atoms with E-state index < -0.39 is 6.10 Å². The quantitative estimate of drug-likeness (QED) is 0.795. The van der Waals surface area contributed by atoms with Gasteiger partial charge >= 0.3 is 0 Å². The van der Waals surface area contributed by atoms with Crippen LogP contribution in [0.4, 0.5) is 5.00 Å². The summed E-state index contributed by atoms with van der Waals surface area (Å²) in [4.78, 5) is 26.5. The van der Waals surface area contributed by atoms with Crippen LogP contribution in [0.3, 0.4) is 0 Å². The van der Waals surface area contributed by atoms with Crippen molar-refractivity contribution in [3.63, 3.8) is 0 Å².